The highest BCUT2D eigenvalue weighted by Crippen LogP contribution is 2.34. The molecular weight excluding hydrogens is 374 g/mol. The van der Waals surface area contributed by atoms with E-state index >= 15 is 0 Å². The van der Waals surface area contributed by atoms with Gasteiger partial charge in [-0.05, 0) is 47.4 Å². The molecule has 1 heterocycles. The number of nitrogens with two attached hydrogens (primary N) is 1. The highest BCUT2D eigenvalue weighted by molar-refractivity contribution is 5.70. The molecule has 4 aromatic rings. The first-order chi connectivity index (χ1) is 14.7. The molecule has 0 aliphatic carbocycles. The molecule has 0 bridgehead atoms. The number of aliphatic hydroxyl groups is 1. The van der Waals surface area contributed by atoms with Gasteiger partial charge in [-0.3, -0.25) is 0 Å². The van der Waals surface area contributed by atoms with Gasteiger partial charge < -0.3 is 15.4 Å². The van der Waals surface area contributed by atoms with Crippen LogP contribution in [0.15, 0.2) is 83.4 Å². The molecule has 30 heavy (non-hydrogen) atoms. The third-order valence-electron chi connectivity index (χ3n) is 5.04. The zero-order chi connectivity index (χ0) is 20.9. The van der Waals surface area contributed by atoms with Crippen LogP contribution in [-0.4, -0.2) is 16.8 Å². The molecule has 1 atom stereocenters. The van der Waals surface area contributed by atoms with Crippen LogP contribution >= 0.6 is 0 Å². The van der Waals surface area contributed by atoms with Crippen LogP contribution in [0.2, 0.25) is 0 Å². The summed E-state index contributed by atoms with van der Waals surface area (Å²) in [7, 11) is 0. The Balaban J connectivity index is 1.72. The summed E-state index contributed by atoms with van der Waals surface area (Å²) < 4.78 is 5.45. The summed E-state index contributed by atoms with van der Waals surface area (Å²) in [5.41, 5.74) is 11.2. The van der Waals surface area contributed by atoms with E-state index in [0.717, 1.165) is 28.7 Å². The summed E-state index contributed by atoms with van der Waals surface area (Å²) in [6.45, 7) is 0.593. The fourth-order valence-corrected chi connectivity index (χ4v) is 3.46. The molecule has 4 rings (SSSR count). The molecule has 148 valence electrons. The van der Waals surface area contributed by atoms with Crippen LogP contribution in [-0.2, 0) is 6.42 Å². The van der Waals surface area contributed by atoms with E-state index in [9.17, 15) is 10.4 Å². The first kappa shape index (κ1) is 19.6. The minimum absolute atomic E-state index is 0.324. The van der Waals surface area contributed by atoms with Gasteiger partial charge in [0.2, 0.25) is 0 Å². The van der Waals surface area contributed by atoms with Gasteiger partial charge in [-0.1, -0.05) is 65.8 Å². The van der Waals surface area contributed by atoms with Gasteiger partial charge in [0, 0.05) is 11.6 Å². The maximum absolute atomic E-state index is 11.1. The Morgan fingerprint density at radius 3 is 2.43 bits per heavy atom. The first-order valence-electron chi connectivity index (χ1n) is 9.73. The zero-order valence-corrected chi connectivity index (χ0v) is 16.3. The van der Waals surface area contributed by atoms with Crippen molar-refractivity contribution in [3.63, 3.8) is 0 Å². The second-order valence-corrected chi connectivity index (χ2v) is 7.03. The van der Waals surface area contributed by atoms with E-state index in [1.54, 1.807) is 18.2 Å². The molecule has 0 amide bonds. The third-order valence-corrected chi connectivity index (χ3v) is 5.04. The van der Waals surface area contributed by atoms with Crippen molar-refractivity contribution >= 4 is 0 Å². The SMILES string of the molecule is N#Cc1ccc(-c2ccc(CCN)cc2)c(C(O)c2cc(-c3ccccc3)no2)c1. The molecule has 0 fully saturated rings. The maximum Gasteiger partial charge on any atom is 0.170 e. The van der Waals surface area contributed by atoms with Crippen LogP contribution in [0.3, 0.4) is 0 Å². The standard InChI is InChI=1S/C25H21N3O2/c26-13-12-17-6-9-19(10-7-17)21-11-8-18(16-27)14-22(21)25(29)24-15-23(28-30-24)20-4-2-1-3-5-20/h1-11,14-15,25,29H,12-13,26H2. The van der Waals surface area contributed by atoms with Crippen LogP contribution in [0, 0.1) is 11.3 Å². The van der Waals surface area contributed by atoms with E-state index in [2.05, 4.69) is 11.2 Å². The Hall–Kier alpha value is -3.72. The van der Waals surface area contributed by atoms with Crippen molar-refractivity contribution in [3.05, 3.63) is 101 Å². The number of rotatable bonds is 6. The fraction of sp³-hybridized carbons (Fsp3) is 0.120. The van der Waals surface area contributed by atoms with Crippen molar-refractivity contribution in [1.29, 1.82) is 5.26 Å². The van der Waals surface area contributed by atoms with Crippen LogP contribution in [0.4, 0.5) is 0 Å². The van der Waals surface area contributed by atoms with Crippen molar-refractivity contribution in [2.24, 2.45) is 5.73 Å². The highest BCUT2D eigenvalue weighted by Gasteiger charge is 2.21. The molecule has 0 radical (unpaired) electrons. The van der Waals surface area contributed by atoms with E-state index in [-0.39, 0.29) is 0 Å². The summed E-state index contributed by atoms with van der Waals surface area (Å²) in [6.07, 6.45) is -0.245. The Morgan fingerprint density at radius 1 is 0.967 bits per heavy atom. The van der Waals surface area contributed by atoms with Gasteiger partial charge in [0.1, 0.15) is 11.8 Å². The number of nitrogens with zero attached hydrogens (tertiary/aromatic N) is 2. The molecule has 3 N–H and O–H groups in total. The van der Waals surface area contributed by atoms with Crippen molar-refractivity contribution in [3.8, 4) is 28.5 Å². The average Bonchev–Trinajstić information content (AvgIpc) is 3.30. The number of nitriles is 1. The van der Waals surface area contributed by atoms with Gasteiger partial charge in [0.05, 0.1) is 11.6 Å². The predicted molar refractivity (Wildman–Crippen MR) is 115 cm³/mol. The summed E-state index contributed by atoms with van der Waals surface area (Å²) in [5, 5.41) is 24.5. The van der Waals surface area contributed by atoms with E-state index in [0.29, 0.717) is 29.1 Å². The summed E-state index contributed by atoms with van der Waals surface area (Å²) in [4.78, 5) is 0. The lowest BCUT2D eigenvalue weighted by Gasteiger charge is -2.14. The molecule has 1 unspecified atom stereocenters. The van der Waals surface area contributed by atoms with E-state index in [1.165, 1.54) is 0 Å². The Morgan fingerprint density at radius 2 is 1.73 bits per heavy atom. The lowest BCUT2D eigenvalue weighted by atomic mass is 9.92. The normalized spacial score (nSPS) is 11.8. The second kappa shape index (κ2) is 8.75. The molecule has 0 saturated heterocycles. The quantitative estimate of drug-likeness (QED) is 0.502. The lowest BCUT2D eigenvalue weighted by molar-refractivity contribution is 0.177. The average molecular weight is 395 g/mol. The molecule has 0 saturated carbocycles. The van der Waals surface area contributed by atoms with Gasteiger partial charge in [-0.25, -0.2) is 0 Å². The van der Waals surface area contributed by atoms with E-state index in [1.807, 2.05) is 60.7 Å². The van der Waals surface area contributed by atoms with Gasteiger partial charge in [0.25, 0.3) is 0 Å². The minimum atomic E-state index is -1.05. The van der Waals surface area contributed by atoms with Gasteiger partial charge in [-0.15, -0.1) is 0 Å². The molecule has 0 spiro atoms. The van der Waals surface area contributed by atoms with Crippen LogP contribution < -0.4 is 5.73 Å². The molecule has 5 nitrogen and oxygen atoms in total. The number of hydrogen-bond donors (Lipinski definition) is 2. The molecule has 1 aromatic heterocycles. The van der Waals surface area contributed by atoms with Gasteiger partial charge in [0.15, 0.2) is 5.76 Å². The van der Waals surface area contributed by atoms with Crippen LogP contribution in [0.25, 0.3) is 22.4 Å². The monoisotopic (exact) mass is 395 g/mol. The smallest absolute Gasteiger partial charge is 0.170 e. The largest absolute Gasteiger partial charge is 0.380 e. The topological polar surface area (TPSA) is 96.1 Å². The minimum Gasteiger partial charge on any atom is -0.380 e. The third kappa shape index (κ3) is 4.01. The number of aromatic nitrogens is 1. The number of hydrogen-bond acceptors (Lipinski definition) is 5. The molecular formula is C25H21N3O2. The predicted octanol–water partition coefficient (Wildman–Crippen LogP) is 4.46. The van der Waals surface area contributed by atoms with Crippen molar-refractivity contribution in [2.75, 3.05) is 6.54 Å². The molecule has 5 heteroatoms. The van der Waals surface area contributed by atoms with Crippen molar-refractivity contribution in [2.45, 2.75) is 12.5 Å². The lowest BCUT2D eigenvalue weighted by Crippen LogP contribution is -2.03. The van der Waals surface area contributed by atoms with Gasteiger partial charge in [-0.2, -0.15) is 5.26 Å². The van der Waals surface area contributed by atoms with E-state index < -0.39 is 6.10 Å². The van der Waals surface area contributed by atoms with Crippen molar-refractivity contribution in [1.82, 2.24) is 5.16 Å². The van der Waals surface area contributed by atoms with Crippen LogP contribution in [0.5, 0.6) is 0 Å². The summed E-state index contributed by atoms with van der Waals surface area (Å²) >= 11 is 0. The van der Waals surface area contributed by atoms with Crippen molar-refractivity contribution < 1.29 is 9.63 Å². The van der Waals surface area contributed by atoms with E-state index in [4.69, 9.17) is 10.3 Å². The first-order valence-corrected chi connectivity index (χ1v) is 9.73. The Bertz CT molecular complexity index is 1180. The number of benzene rings is 3. The highest BCUT2D eigenvalue weighted by atomic mass is 16.5. The summed E-state index contributed by atoms with van der Waals surface area (Å²) in [5.74, 6) is 0.324. The Labute approximate surface area is 175 Å². The molecule has 0 aliphatic rings. The second-order valence-electron chi connectivity index (χ2n) is 7.03. The summed E-state index contributed by atoms with van der Waals surface area (Å²) in [6, 6.07) is 26.8. The molecule has 0 aliphatic heterocycles. The molecule has 3 aromatic carbocycles. The fourth-order valence-electron chi connectivity index (χ4n) is 3.46. The zero-order valence-electron chi connectivity index (χ0n) is 16.3. The Kier molecular flexibility index (Phi) is 5.71. The van der Waals surface area contributed by atoms with Gasteiger partial charge >= 0.3 is 0 Å². The maximum atomic E-state index is 11.1. The van der Waals surface area contributed by atoms with Crippen LogP contribution in [0.1, 0.15) is 28.6 Å². The number of aliphatic hydroxyl groups excluding tert-OH is 1.